The minimum Gasteiger partial charge on any atom is -0.334 e. The molecule has 2 heterocycles. The van der Waals surface area contributed by atoms with Gasteiger partial charge in [-0.05, 0) is 19.3 Å². The zero-order valence-corrected chi connectivity index (χ0v) is 8.08. The molecule has 0 radical (unpaired) electrons. The van der Waals surface area contributed by atoms with Crippen LogP contribution in [0.15, 0.2) is 0 Å². The average Bonchev–Trinajstić information content (AvgIpc) is 2.85. The summed E-state index contributed by atoms with van der Waals surface area (Å²) in [6.45, 7) is 1.79. The van der Waals surface area contributed by atoms with Crippen molar-refractivity contribution in [2.24, 2.45) is 5.92 Å². The minimum atomic E-state index is -0.850. The molecular weight excluding hydrogens is 183 g/mol. The summed E-state index contributed by atoms with van der Waals surface area (Å²) in [5, 5.41) is 3.31. The van der Waals surface area contributed by atoms with Gasteiger partial charge in [0.1, 0.15) is 6.17 Å². The van der Waals surface area contributed by atoms with Gasteiger partial charge in [0, 0.05) is 25.2 Å². The summed E-state index contributed by atoms with van der Waals surface area (Å²) in [5.41, 5.74) is 0. The van der Waals surface area contributed by atoms with E-state index in [2.05, 4.69) is 5.32 Å². The third-order valence-electron chi connectivity index (χ3n) is 3.66. The SMILES string of the molecule is O=C([C@@H]1C[C@H]1F)N1C2CCC1CNC2. The molecule has 2 bridgehead atoms. The number of amides is 1. The lowest BCUT2D eigenvalue weighted by Gasteiger charge is -2.35. The van der Waals surface area contributed by atoms with Crippen LogP contribution in [0.4, 0.5) is 4.39 Å². The number of nitrogens with zero attached hydrogens (tertiary/aromatic N) is 1. The highest BCUT2D eigenvalue weighted by atomic mass is 19.1. The maximum atomic E-state index is 12.8. The Morgan fingerprint density at radius 1 is 1.29 bits per heavy atom. The van der Waals surface area contributed by atoms with Crippen LogP contribution in [0.2, 0.25) is 0 Å². The van der Waals surface area contributed by atoms with E-state index in [0.717, 1.165) is 25.9 Å². The van der Waals surface area contributed by atoms with Crippen LogP contribution in [0.1, 0.15) is 19.3 Å². The Hall–Kier alpha value is -0.640. The topological polar surface area (TPSA) is 32.3 Å². The second-order valence-corrected chi connectivity index (χ2v) is 4.65. The van der Waals surface area contributed by atoms with Gasteiger partial charge in [0.2, 0.25) is 5.91 Å². The first kappa shape index (κ1) is 8.65. The standard InChI is InChI=1S/C10H15FN2O/c11-9-3-8(9)10(14)13-6-1-2-7(13)5-12-4-6/h6-9,12H,1-5H2/t6?,7?,8-,9-/m1/s1. The molecule has 0 aromatic carbocycles. The van der Waals surface area contributed by atoms with Gasteiger partial charge in [0.25, 0.3) is 0 Å². The Morgan fingerprint density at radius 2 is 1.86 bits per heavy atom. The Labute approximate surface area is 82.6 Å². The third-order valence-corrected chi connectivity index (χ3v) is 3.66. The van der Waals surface area contributed by atoms with E-state index in [-0.39, 0.29) is 11.8 Å². The van der Waals surface area contributed by atoms with Crippen molar-refractivity contribution in [3.63, 3.8) is 0 Å². The summed E-state index contributed by atoms with van der Waals surface area (Å²) in [4.78, 5) is 13.8. The molecule has 2 aliphatic heterocycles. The number of hydrogen-bond acceptors (Lipinski definition) is 2. The fourth-order valence-electron chi connectivity index (χ4n) is 2.75. The van der Waals surface area contributed by atoms with E-state index in [1.165, 1.54) is 0 Å². The van der Waals surface area contributed by atoms with Crippen molar-refractivity contribution in [2.45, 2.75) is 37.5 Å². The highest BCUT2D eigenvalue weighted by Crippen LogP contribution is 2.39. The van der Waals surface area contributed by atoms with Gasteiger partial charge in [-0.1, -0.05) is 0 Å². The molecule has 1 saturated carbocycles. The molecule has 4 heteroatoms. The zero-order chi connectivity index (χ0) is 9.71. The van der Waals surface area contributed by atoms with Gasteiger partial charge in [-0.2, -0.15) is 0 Å². The van der Waals surface area contributed by atoms with Crippen molar-refractivity contribution in [3.05, 3.63) is 0 Å². The fraction of sp³-hybridized carbons (Fsp3) is 0.900. The van der Waals surface area contributed by atoms with Crippen molar-refractivity contribution in [1.82, 2.24) is 10.2 Å². The summed E-state index contributed by atoms with van der Waals surface area (Å²) in [6, 6.07) is 0.683. The van der Waals surface area contributed by atoms with Gasteiger partial charge in [0.15, 0.2) is 0 Å². The molecule has 0 spiro atoms. The number of piperazine rings is 1. The Bertz CT molecular complexity index is 255. The van der Waals surface area contributed by atoms with Crippen molar-refractivity contribution in [1.29, 1.82) is 0 Å². The smallest absolute Gasteiger partial charge is 0.229 e. The van der Waals surface area contributed by atoms with Gasteiger partial charge in [0.05, 0.1) is 5.92 Å². The van der Waals surface area contributed by atoms with Crippen molar-refractivity contribution in [3.8, 4) is 0 Å². The van der Waals surface area contributed by atoms with E-state index in [1.807, 2.05) is 4.90 Å². The molecule has 4 atom stereocenters. The average molecular weight is 198 g/mol. The maximum Gasteiger partial charge on any atom is 0.229 e. The predicted molar refractivity (Wildman–Crippen MR) is 49.5 cm³/mol. The first-order valence-electron chi connectivity index (χ1n) is 5.44. The summed E-state index contributed by atoms with van der Waals surface area (Å²) >= 11 is 0. The van der Waals surface area contributed by atoms with Crippen LogP contribution in [0, 0.1) is 5.92 Å². The monoisotopic (exact) mass is 198 g/mol. The first-order chi connectivity index (χ1) is 6.77. The van der Waals surface area contributed by atoms with Gasteiger partial charge >= 0.3 is 0 Å². The zero-order valence-electron chi connectivity index (χ0n) is 8.08. The normalized spacial score (nSPS) is 45.4. The summed E-state index contributed by atoms with van der Waals surface area (Å²) in [5.74, 6) is -0.220. The summed E-state index contributed by atoms with van der Waals surface area (Å²) < 4.78 is 12.8. The number of hydrogen-bond donors (Lipinski definition) is 1. The lowest BCUT2D eigenvalue weighted by atomic mass is 10.2. The number of carbonyl (C=O) groups excluding carboxylic acids is 1. The van der Waals surface area contributed by atoms with Crippen molar-refractivity contribution >= 4 is 5.91 Å². The predicted octanol–water partition coefficient (Wildman–Crippen LogP) is 0.307. The van der Waals surface area contributed by atoms with E-state index < -0.39 is 6.17 Å². The number of carbonyl (C=O) groups is 1. The van der Waals surface area contributed by atoms with Gasteiger partial charge in [-0.15, -0.1) is 0 Å². The Balaban J connectivity index is 1.75. The Morgan fingerprint density at radius 3 is 2.36 bits per heavy atom. The van der Waals surface area contributed by atoms with E-state index >= 15 is 0 Å². The van der Waals surface area contributed by atoms with Crippen molar-refractivity contribution < 1.29 is 9.18 Å². The van der Waals surface area contributed by atoms with Gasteiger partial charge in [-0.3, -0.25) is 4.79 Å². The van der Waals surface area contributed by atoms with Crippen molar-refractivity contribution in [2.75, 3.05) is 13.1 Å². The van der Waals surface area contributed by atoms with Crippen LogP contribution in [-0.4, -0.2) is 42.2 Å². The van der Waals surface area contributed by atoms with Crippen LogP contribution in [-0.2, 0) is 4.79 Å². The number of halogens is 1. The number of fused-ring (bicyclic) bond motifs is 2. The van der Waals surface area contributed by atoms with Crippen LogP contribution in [0.25, 0.3) is 0 Å². The maximum absolute atomic E-state index is 12.8. The van der Waals surface area contributed by atoms with Crippen LogP contribution < -0.4 is 5.32 Å². The number of rotatable bonds is 1. The highest BCUT2D eigenvalue weighted by molar-refractivity contribution is 5.83. The number of nitrogens with one attached hydrogen (secondary N) is 1. The molecule has 2 saturated heterocycles. The van der Waals surface area contributed by atoms with Crippen LogP contribution in [0.5, 0.6) is 0 Å². The lowest BCUT2D eigenvalue weighted by molar-refractivity contribution is -0.136. The third kappa shape index (κ3) is 1.16. The molecule has 3 nitrogen and oxygen atoms in total. The quantitative estimate of drug-likeness (QED) is 0.657. The molecule has 1 N–H and O–H groups in total. The molecule has 1 aliphatic carbocycles. The fourth-order valence-corrected chi connectivity index (χ4v) is 2.75. The van der Waals surface area contributed by atoms with Crippen LogP contribution >= 0.6 is 0 Å². The van der Waals surface area contributed by atoms with E-state index in [0.29, 0.717) is 18.5 Å². The summed E-state index contributed by atoms with van der Waals surface area (Å²) in [7, 11) is 0. The van der Waals surface area contributed by atoms with Gasteiger partial charge < -0.3 is 10.2 Å². The molecule has 1 amide bonds. The van der Waals surface area contributed by atoms with E-state index in [9.17, 15) is 9.18 Å². The molecule has 3 rings (SSSR count). The number of alkyl halides is 1. The second-order valence-electron chi connectivity index (χ2n) is 4.65. The van der Waals surface area contributed by atoms with E-state index in [4.69, 9.17) is 0 Å². The molecule has 78 valence electrons. The lowest BCUT2D eigenvalue weighted by Crippen LogP contribution is -2.54. The minimum absolute atomic E-state index is 0.0755. The van der Waals surface area contributed by atoms with E-state index in [1.54, 1.807) is 0 Å². The van der Waals surface area contributed by atoms with Gasteiger partial charge in [-0.25, -0.2) is 4.39 Å². The molecule has 0 aromatic heterocycles. The molecule has 0 aromatic rings. The molecular formula is C10H15FN2O. The molecule has 2 unspecified atom stereocenters. The second kappa shape index (κ2) is 2.92. The molecule has 3 aliphatic rings. The first-order valence-corrected chi connectivity index (χ1v) is 5.44. The van der Waals surface area contributed by atoms with Crippen LogP contribution in [0.3, 0.4) is 0 Å². The highest BCUT2D eigenvalue weighted by Gasteiger charge is 2.50. The Kier molecular flexibility index (Phi) is 1.81. The largest absolute Gasteiger partial charge is 0.334 e. The molecule has 3 fully saturated rings. The summed E-state index contributed by atoms with van der Waals surface area (Å²) in [6.07, 6.45) is 1.79. The molecule has 14 heavy (non-hydrogen) atoms.